The molecule has 7 heteroatoms. The Hall–Kier alpha value is -2.67. The molecule has 0 radical (unpaired) electrons. The number of aromatic nitrogens is 1. The van der Waals surface area contributed by atoms with Crippen LogP contribution in [0.1, 0.15) is 51.0 Å². The van der Waals surface area contributed by atoms with E-state index in [1.807, 2.05) is 45.0 Å². The van der Waals surface area contributed by atoms with Crippen LogP contribution >= 0.6 is 0 Å². The standard InChI is InChI=1S/C22H29N3O4/c1-4-15(5-2)20(26)23-13-18-14(3)29-22(25-18)16-9-6-7-10-17(16)24-21(27)19-11-8-12-28-19/h6-7,9-10,15,19H,4-5,8,11-13H2,1-3H3,(H,23,26)(H,24,27). The molecule has 1 aromatic heterocycles. The highest BCUT2D eigenvalue weighted by molar-refractivity contribution is 5.97. The number of nitrogens with one attached hydrogen (secondary N) is 2. The molecule has 1 unspecified atom stereocenters. The molecule has 1 aliphatic heterocycles. The van der Waals surface area contributed by atoms with Gasteiger partial charge in [-0.3, -0.25) is 9.59 Å². The Morgan fingerprint density at radius 2 is 2.00 bits per heavy atom. The average Bonchev–Trinajstić information content (AvgIpc) is 3.38. The Balaban J connectivity index is 1.73. The maximum absolute atomic E-state index is 12.4. The topological polar surface area (TPSA) is 93.5 Å². The average molecular weight is 399 g/mol. The Morgan fingerprint density at radius 3 is 2.69 bits per heavy atom. The van der Waals surface area contributed by atoms with E-state index in [1.165, 1.54) is 0 Å². The van der Waals surface area contributed by atoms with Crippen LogP contribution in [-0.2, 0) is 20.9 Å². The summed E-state index contributed by atoms with van der Waals surface area (Å²) >= 11 is 0. The summed E-state index contributed by atoms with van der Waals surface area (Å²) in [6.07, 6.45) is 2.83. The number of nitrogens with zero attached hydrogens (tertiary/aromatic N) is 1. The van der Waals surface area contributed by atoms with Crippen molar-refractivity contribution in [3.63, 3.8) is 0 Å². The first-order valence-electron chi connectivity index (χ1n) is 10.3. The normalized spacial score (nSPS) is 16.2. The van der Waals surface area contributed by atoms with Crippen molar-refractivity contribution < 1.29 is 18.7 Å². The molecule has 1 saturated heterocycles. The number of aryl methyl sites for hydroxylation is 1. The number of hydrogen-bond acceptors (Lipinski definition) is 5. The van der Waals surface area contributed by atoms with Gasteiger partial charge in [0.15, 0.2) is 0 Å². The summed E-state index contributed by atoms with van der Waals surface area (Å²) in [4.78, 5) is 29.2. The molecule has 0 saturated carbocycles. The van der Waals surface area contributed by atoms with Crippen LogP contribution in [0, 0.1) is 12.8 Å². The third-order valence-electron chi connectivity index (χ3n) is 5.32. The Labute approximate surface area is 171 Å². The van der Waals surface area contributed by atoms with Crippen molar-refractivity contribution in [3.8, 4) is 11.5 Å². The summed E-state index contributed by atoms with van der Waals surface area (Å²) in [5, 5.41) is 5.87. The van der Waals surface area contributed by atoms with Gasteiger partial charge in [-0.2, -0.15) is 0 Å². The summed E-state index contributed by atoms with van der Waals surface area (Å²) in [5.41, 5.74) is 2.00. The van der Waals surface area contributed by atoms with Gasteiger partial charge in [0.2, 0.25) is 11.8 Å². The Bertz CT molecular complexity index is 851. The van der Waals surface area contributed by atoms with E-state index in [-0.39, 0.29) is 17.7 Å². The number of anilines is 1. The maximum Gasteiger partial charge on any atom is 0.253 e. The van der Waals surface area contributed by atoms with Crippen LogP contribution in [0.2, 0.25) is 0 Å². The molecule has 2 amide bonds. The second-order valence-electron chi connectivity index (χ2n) is 7.29. The number of rotatable bonds is 8. The lowest BCUT2D eigenvalue weighted by atomic mass is 10.0. The van der Waals surface area contributed by atoms with Gasteiger partial charge >= 0.3 is 0 Å². The van der Waals surface area contributed by atoms with E-state index < -0.39 is 6.10 Å². The van der Waals surface area contributed by atoms with Gasteiger partial charge in [0.05, 0.1) is 17.8 Å². The maximum atomic E-state index is 12.4. The molecule has 2 aromatic rings. The molecule has 0 aliphatic carbocycles. The van der Waals surface area contributed by atoms with E-state index in [4.69, 9.17) is 9.15 Å². The number of carbonyl (C=O) groups excluding carboxylic acids is 2. The van der Waals surface area contributed by atoms with Crippen LogP contribution in [0.25, 0.3) is 11.5 Å². The minimum absolute atomic E-state index is 0.00965. The predicted octanol–water partition coefficient (Wildman–Crippen LogP) is 3.82. The molecule has 7 nitrogen and oxygen atoms in total. The first-order chi connectivity index (χ1) is 14.0. The summed E-state index contributed by atoms with van der Waals surface area (Å²) in [6, 6.07) is 7.38. The van der Waals surface area contributed by atoms with Gasteiger partial charge in [0.1, 0.15) is 17.6 Å². The molecule has 1 atom stereocenters. The van der Waals surface area contributed by atoms with E-state index in [1.54, 1.807) is 0 Å². The first-order valence-corrected chi connectivity index (χ1v) is 10.3. The summed E-state index contributed by atoms with van der Waals surface area (Å²) < 4.78 is 11.3. The van der Waals surface area contributed by atoms with Crippen LogP contribution in [0.15, 0.2) is 28.7 Å². The highest BCUT2D eigenvalue weighted by Gasteiger charge is 2.25. The van der Waals surface area contributed by atoms with Gasteiger partial charge in [-0.05, 0) is 44.7 Å². The lowest BCUT2D eigenvalue weighted by Crippen LogP contribution is -2.29. The minimum Gasteiger partial charge on any atom is -0.441 e. The zero-order valence-electron chi connectivity index (χ0n) is 17.3. The van der Waals surface area contributed by atoms with Gasteiger partial charge in [-0.1, -0.05) is 26.0 Å². The van der Waals surface area contributed by atoms with Crippen molar-refractivity contribution in [2.45, 2.75) is 59.1 Å². The first kappa shape index (κ1) is 21.0. The zero-order chi connectivity index (χ0) is 20.8. The molecule has 0 spiro atoms. The van der Waals surface area contributed by atoms with Gasteiger partial charge in [0, 0.05) is 12.5 Å². The van der Waals surface area contributed by atoms with Crippen molar-refractivity contribution in [2.75, 3.05) is 11.9 Å². The molecule has 1 aliphatic rings. The van der Waals surface area contributed by atoms with Gasteiger partial charge < -0.3 is 19.8 Å². The molecule has 1 aromatic carbocycles. The molecule has 29 heavy (non-hydrogen) atoms. The third kappa shape index (κ3) is 5.03. The number of benzene rings is 1. The lowest BCUT2D eigenvalue weighted by molar-refractivity contribution is -0.125. The fourth-order valence-corrected chi connectivity index (χ4v) is 3.46. The van der Waals surface area contributed by atoms with E-state index in [9.17, 15) is 9.59 Å². The van der Waals surface area contributed by atoms with Gasteiger partial charge in [0.25, 0.3) is 5.91 Å². The molecule has 2 N–H and O–H groups in total. The number of amides is 2. The smallest absolute Gasteiger partial charge is 0.253 e. The molecule has 3 rings (SSSR count). The highest BCUT2D eigenvalue weighted by Crippen LogP contribution is 2.29. The third-order valence-corrected chi connectivity index (χ3v) is 5.32. The minimum atomic E-state index is -0.412. The molecule has 156 valence electrons. The number of oxazole rings is 1. The predicted molar refractivity (Wildman–Crippen MR) is 110 cm³/mol. The van der Waals surface area contributed by atoms with Crippen molar-refractivity contribution >= 4 is 17.5 Å². The summed E-state index contributed by atoms with van der Waals surface area (Å²) in [6.45, 7) is 6.77. The van der Waals surface area contributed by atoms with Crippen molar-refractivity contribution in [3.05, 3.63) is 35.7 Å². The van der Waals surface area contributed by atoms with Crippen molar-refractivity contribution in [2.24, 2.45) is 5.92 Å². The van der Waals surface area contributed by atoms with Crippen LogP contribution in [0.4, 0.5) is 5.69 Å². The Kier molecular flexibility index (Phi) is 7.04. The fraction of sp³-hybridized carbons (Fsp3) is 0.500. The number of carbonyl (C=O) groups is 2. The Morgan fingerprint density at radius 1 is 1.24 bits per heavy atom. The second kappa shape index (κ2) is 9.69. The molecular weight excluding hydrogens is 370 g/mol. The fourth-order valence-electron chi connectivity index (χ4n) is 3.46. The van der Waals surface area contributed by atoms with E-state index in [0.717, 1.165) is 25.7 Å². The zero-order valence-corrected chi connectivity index (χ0v) is 17.3. The van der Waals surface area contributed by atoms with Gasteiger partial charge in [-0.25, -0.2) is 4.98 Å². The van der Waals surface area contributed by atoms with Crippen LogP contribution in [-0.4, -0.2) is 29.5 Å². The molecule has 2 heterocycles. The van der Waals surface area contributed by atoms with Crippen LogP contribution < -0.4 is 10.6 Å². The van der Waals surface area contributed by atoms with Crippen LogP contribution in [0.3, 0.4) is 0 Å². The number of hydrogen-bond donors (Lipinski definition) is 2. The van der Waals surface area contributed by atoms with E-state index in [0.29, 0.717) is 41.7 Å². The monoisotopic (exact) mass is 399 g/mol. The number of ether oxygens (including phenoxy) is 1. The molecular formula is C22H29N3O4. The van der Waals surface area contributed by atoms with Crippen molar-refractivity contribution in [1.29, 1.82) is 0 Å². The lowest BCUT2D eigenvalue weighted by Gasteiger charge is -2.12. The van der Waals surface area contributed by atoms with Crippen LogP contribution in [0.5, 0.6) is 0 Å². The summed E-state index contributed by atoms with van der Waals surface area (Å²) in [5.74, 6) is 0.942. The second-order valence-corrected chi connectivity index (χ2v) is 7.29. The van der Waals surface area contributed by atoms with Gasteiger partial charge in [-0.15, -0.1) is 0 Å². The van der Waals surface area contributed by atoms with E-state index in [2.05, 4.69) is 15.6 Å². The number of para-hydroxylation sites is 1. The van der Waals surface area contributed by atoms with Crippen molar-refractivity contribution in [1.82, 2.24) is 10.3 Å². The highest BCUT2D eigenvalue weighted by atomic mass is 16.5. The largest absolute Gasteiger partial charge is 0.441 e. The SMILES string of the molecule is CCC(CC)C(=O)NCc1nc(-c2ccccc2NC(=O)C2CCCO2)oc1C. The quantitative estimate of drug-likeness (QED) is 0.704. The molecule has 1 fully saturated rings. The molecule has 0 bridgehead atoms. The summed E-state index contributed by atoms with van der Waals surface area (Å²) in [7, 11) is 0. The van der Waals surface area contributed by atoms with E-state index >= 15 is 0 Å².